The topological polar surface area (TPSA) is 84.9 Å². The Balaban J connectivity index is 1.94. The van der Waals surface area contributed by atoms with Gasteiger partial charge in [0, 0.05) is 11.6 Å². The Morgan fingerprint density at radius 2 is 1.93 bits per heavy atom. The molecule has 0 aliphatic heterocycles. The maximum absolute atomic E-state index is 12.2. The molecule has 2 N–H and O–H groups in total. The summed E-state index contributed by atoms with van der Waals surface area (Å²) in [5, 5.41) is 12.6. The molecule has 0 heterocycles. The minimum absolute atomic E-state index is 0.0184. The molecule has 2 aromatic carbocycles. The van der Waals surface area contributed by atoms with E-state index in [9.17, 15) is 14.7 Å². The molecule has 0 aliphatic carbocycles. The molecule has 1 amide bonds. The number of aliphatic carboxylic acids is 1. The third kappa shape index (κ3) is 6.18. The van der Waals surface area contributed by atoms with Crippen LogP contribution in [0.1, 0.15) is 12.5 Å². The van der Waals surface area contributed by atoms with Crippen LogP contribution >= 0.6 is 11.6 Å². The van der Waals surface area contributed by atoms with E-state index in [1.165, 1.54) is 7.11 Å². The van der Waals surface area contributed by atoms with Crippen LogP contribution in [0.5, 0.6) is 11.5 Å². The standard InChI is InChI=1S/C20H22ClNO5/c1-13(27-17-8-5-7-16(21)11-17)19(23)22-12-15(20(24)25)10-14-6-3-4-9-18(14)26-2/h3-9,11,13,15H,10,12H2,1-2H3,(H,22,23)(H,24,25). The predicted molar refractivity (Wildman–Crippen MR) is 102 cm³/mol. The first-order valence-electron chi connectivity index (χ1n) is 8.45. The molecule has 2 unspecified atom stereocenters. The summed E-state index contributed by atoms with van der Waals surface area (Å²) in [4.78, 5) is 23.8. The number of para-hydroxylation sites is 1. The number of carboxylic acids is 1. The number of carbonyl (C=O) groups is 2. The van der Waals surface area contributed by atoms with Crippen molar-refractivity contribution in [3.8, 4) is 11.5 Å². The Labute approximate surface area is 163 Å². The molecular formula is C20H22ClNO5. The van der Waals surface area contributed by atoms with E-state index in [0.29, 0.717) is 16.5 Å². The molecule has 27 heavy (non-hydrogen) atoms. The van der Waals surface area contributed by atoms with E-state index < -0.39 is 23.9 Å². The number of amides is 1. The molecule has 0 bridgehead atoms. The van der Waals surface area contributed by atoms with Crippen molar-refractivity contribution in [3.05, 3.63) is 59.1 Å². The van der Waals surface area contributed by atoms with E-state index in [1.807, 2.05) is 18.2 Å². The predicted octanol–water partition coefficient (Wildman–Crippen LogP) is 3.18. The third-order valence-corrected chi connectivity index (χ3v) is 4.24. The highest BCUT2D eigenvalue weighted by Crippen LogP contribution is 2.21. The molecule has 0 spiro atoms. The average Bonchev–Trinajstić information content (AvgIpc) is 2.64. The summed E-state index contributed by atoms with van der Waals surface area (Å²) in [6.07, 6.45) is -0.549. The van der Waals surface area contributed by atoms with Gasteiger partial charge in [-0.3, -0.25) is 9.59 Å². The van der Waals surface area contributed by atoms with E-state index in [-0.39, 0.29) is 13.0 Å². The number of benzene rings is 2. The lowest BCUT2D eigenvalue weighted by atomic mass is 9.98. The molecule has 2 rings (SSSR count). The van der Waals surface area contributed by atoms with E-state index in [4.69, 9.17) is 21.1 Å². The normalized spacial score (nSPS) is 12.7. The fourth-order valence-corrected chi connectivity index (χ4v) is 2.73. The number of carbonyl (C=O) groups excluding carboxylic acids is 1. The average molecular weight is 392 g/mol. The van der Waals surface area contributed by atoms with Gasteiger partial charge in [0.1, 0.15) is 11.5 Å². The second-order valence-corrected chi connectivity index (χ2v) is 6.45. The van der Waals surface area contributed by atoms with Gasteiger partial charge in [-0.25, -0.2) is 0 Å². The Bertz CT molecular complexity index is 795. The van der Waals surface area contributed by atoms with Crippen molar-refractivity contribution in [2.75, 3.05) is 13.7 Å². The van der Waals surface area contributed by atoms with Gasteiger partial charge in [0.15, 0.2) is 6.10 Å². The first kappa shape index (κ1) is 20.6. The first-order chi connectivity index (χ1) is 12.9. The van der Waals surface area contributed by atoms with Crippen LogP contribution in [-0.4, -0.2) is 36.7 Å². The van der Waals surface area contributed by atoms with Gasteiger partial charge >= 0.3 is 5.97 Å². The summed E-state index contributed by atoms with van der Waals surface area (Å²) in [5.74, 6) is -1.10. The second kappa shape index (κ2) is 9.83. The zero-order valence-electron chi connectivity index (χ0n) is 15.1. The molecule has 0 fully saturated rings. The second-order valence-electron chi connectivity index (χ2n) is 6.01. The summed E-state index contributed by atoms with van der Waals surface area (Å²) in [7, 11) is 1.53. The number of methoxy groups -OCH3 is 1. The van der Waals surface area contributed by atoms with Crippen molar-refractivity contribution in [2.45, 2.75) is 19.4 Å². The Hall–Kier alpha value is -2.73. The minimum Gasteiger partial charge on any atom is -0.496 e. The molecule has 2 aromatic rings. The van der Waals surface area contributed by atoms with Crippen molar-refractivity contribution in [2.24, 2.45) is 5.92 Å². The van der Waals surface area contributed by atoms with Gasteiger partial charge in [0.25, 0.3) is 5.91 Å². The van der Waals surface area contributed by atoms with Gasteiger partial charge < -0.3 is 19.9 Å². The fraction of sp³-hybridized carbons (Fsp3) is 0.300. The number of hydrogen-bond donors (Lipinski definition) is 2. The van der Waals surface area contributed by atoms with E-state index in [1.54, 1.807) is 37.3 Å². The van der Waals surface area contributed by atoms with Crippen molar-refractivity contribution in [3.63, 3.8) is 0 Å². The van der Waals surface area contributed by atoms with E-state index in [2.05, 4.69) is 5.32 Å². The Kier molecular flexibility index (Phi) is 7.49. The fourth-order valence-electron chi connectivity index (χ4n) is 2.55. The zero-order chi connectivity index (χ0) is 19.8. The third-order valence-electron chi connectivity index (χ3n) is 4.01. The quantitative estimate of drug-likeness (QED) is 0.685. The largest absolute Gasteiger partial charge is 0.496 e. The van der Waals surface area contributed by atoms with Crippen LogP contribution < -0.4 is 14.8 Å². The SMILES string of the molecule is COc1ccccc1CC(CNC(=O)C(C)Oc1cccc(Cl)c1)C(=O)O. The molecule has 7 heteroatoms. The molecule has 0 saturated heterocycles. The Morgan fingerprint density at radius 1 is 1.19 bits per heavy atom. The van der Waals surface area contributed by atoms with Crippen LogP contribution in [0.2, 0.25) is 5.02 Å². The highest BCUT2D eigenvalue weighted by atomic mass is 35.5. The summed E-state index contributed by atoms with van der Waals surface area (Å²) < 4.78 is 10.8. The summed E-state index contributed by atoms with van der Waals surface area (Å²) in [6.45, 7) is 1.57. The van der Waals surface area contributed by atoms with Crippen LogP contribution in [0.15, 0.2) is 48.5 Å². The van der Waals surface area contributed by atoms with Crippen LogP contribution in [0.25, 0.3) is 0 Å². The molecule has 6 nitrogen and oxygen atoms in total. The maximum Gasteiger partial charge on any atom is 0.308 e. The number of rotatable bonds is 9. The molecule has 0 saturated carbocycles. The zero-order valence-corrected chi connectivity index (χ0v) is 15.9. The Morgan fingerprint density at radius 3 is 2.59 bits per heavy atom. The van der Waals surface area contributed by atoms with Crippen LogP contribution in [0, 0.1) is 5.92 Å². The van der Waals surface area contributed by atoms with E-state index >= 15 is 0 Å². The first-order valence-corrected chi connectivity index (χ1v) is 8.83. The molecule has 0 aromatic heterocycles. The molecule has 0 radical (unpaired) electrons. The highest BCUT2D eigenvalue weighted by molar-refractivity contribution is 6.30. The lowest BCUT2D eigenvalue weighted by Crippen LogP contribution is -2.41. The van der Waals surface area contributed by atoms with Crippen LogP contribution in [0.3, 0.4) is 0 Å². The summed E-state index contributed by atoms with van der Waals surface area (Å²) >= 11 is 5.89. The number of hydrogen-bond acceptors (Lipinski definition) is 4. The van der Waals surface area contributed by atoms with Crippen molar-refractivity contribution >= 4 is 23.5 Å². The minimum atomic E-state index is -0.996. The van der Waals surface area contributed by atoms with Crippen LogP contribution in [-0.2, 0) is 16.0 Å². The summed E-state index contributed by atoms with van der Waals surface area (Å²) in [6, 6.07) is 13.9. The number of carboxylic acid groups (broad SMARTS) is 1. The molecule has 2 atom stereocenters. The lowest BCUT2D eigenvalue weighted by molar-refractivity contribution is -0.141. The van der Waals surface area contributed by atoms with Gasteiger partial charge in [0.2, 0.25) is 0 Å². The van der Waals surface area contributed by atoms with Crippen LogP contribution in [0.4, 0.5) is 0 Å². The van der Waals surface area contributed by atoms with Crippen molar-refractivity contribution in [1.82, 2.24) is 5.32 Å². The number of halogens is 1. The van der Waals surface area contributed by atoms with Crippen molar-refractivity contribution in [1.29, 1.82) is 0 Å². The molecule has 144 valence electrons. The smallest absolute Gasteiger partial charge is 0.308 e. The molecule has 0 aliphatic rings. The van der Waals surface area contributed by atoms with Gasteiger partial charge in [-0.1, -0.05) is 35.9 Å². The van der Waals surface area contributed by atoms with Gasteiger partial charge in [-0.15, -0.1) is 0 Å². The van der Waals surface area contributed by atoms with Gasteiger partial charge in [-0.2, -0.15) is 0 Å². The van der Waals surface area contributed by atoms with Gasteiger partial charge in [0.05, 0.1) is 13.0 Å². The van der Waals surface area contributed by atoms with Crippen molar-refractivity contribution < 1.29 is 24.2 Å². The maximum atomic E-state index is 12.2. The number of ether oxygens (including phenoxy) is 2. The van der Waals surface area contributed by atoms with Gasteiger partial charge in [-0.05, 0) is 43.2 Å². The summed E-state index contributed by atoms with van der Waals surface area (Å²) in [5.41, 5.74) is 0.768. The highest BCUT2D eigenvalue weighted by Gasteiger charge is 2.22. The number of nitrogens with one attached hydrogen (secondary N) is 1. The monoisotopic (exact) mass is 391 g/mol. The lowest BCUT2D eigenvalue weighted by Gasteiger charge is -2.18. The molecular weight excluding hydrogens is 370 g/mol. The van der Waals surface area contributed by atoms with E-state index in [0.717, 1.165) is 5.56 Å².